The number of hydrogen-bond acceptors (Lipinski definition) is 2. The number of unbranched alkanes of at least 4 members (excludes halogenated alkanes) is 5. The van der Waals surface area contributed by atoms with E-state index in [0.29, 0.717) is 5.57 Å². The van der Waals surface area contributed by atoms with Crippen molar-refractivity contribution in [3.8, 4) is 0 Å². The van der Waals surface area contributed by atoms with Crippen LogP contribution in [0.1, 0.15) is 66.2 Å². The van der Waals surface area contributed by atoms with Gasteiger partial charge in [0.25, 0.3) is 0 Å². The Balaban J connectivity index is 0. The van der Waals surface area contributed by atoms with Gasteiger partial charge in [-0.1, -0.05) is 69.4 Å². The van der Waals surface area contributed by atoms with Gasteiger partial charge in [-0.2, -0.15) is 0 Å². The highest BCUT2D eigenvalue weighted by atomic mass is 16.1. The van der Waals surface area contributed by atoms with Gasteiger partial charge in [-0.25, -0.2) is 0 Å². The van der Waals surface area contributed by atoms with E-state index in [2.05, 4.69) is 13.5 Å². The van der Waals surface area contributed by atoms with Gasteiger partial charge in [-0.05, 0) is 33.7 Å². The molecule has 0 unspecified atom stereocenters. The maximum atomic E-state index is 10.8. The molecule has 0 aliphatic carbocycles. The second-order valence-corrected chi connectivity index (χ2v) is 5.18. The minimum absolute atomic E-state index is 0.0532. The lowest BCUT2D eigenvalue weighted by Gasteiger charge is -1.96. The Labute approximate surface area is 125 Å². The van der Waals surface area contributed by atoms with Crippen LogP contribution < -0.4 is 5.73 Å². The monoisotopic (exact) mass is 279 g/mol. The number of ketones is 1. The molecule has 0 amide bonds. The van der Waals surface area contributed by atoms with Gasteiger partial charge in [0.15, 0.2) is 5.78 Å². The molecule has 0 bridgehead atoms. The van der Waals surface area contributed by atoms with Crippen LogP contribution in [0.15, 0.2) is 36.0 Å². The molecule has 0 radical (unpaired) electrons. The summed E-state index contributed by atoms with van der Waals surface area (Å²) < 4.78 is 0. The second kappa shape index (κ2) is 15.9. The maximum Gasteiger partial charge on any atom is 0.159 e. The smallest absolute Gasteiger partial charge is 0.159 e. The summed E-state index contributed by atoms with van der Waals surface area (Å²) in [6, 6.07) is 0. The SMILES string of the molecule is C=C/C(=C\C=C(C)C)C(C)=O.CCCCCCCCN. The third-order valence-corrected chi connectivity index (χ3v) is 2.78. The summed E-state index contributed by atoms with van der Waals surface area (Å²) in [5.74, 6) is 0.0532. The summed E-state index contributed by atoms with van der Waals surface area (Å²) in [5.41, 5.74) is 7.17. The molecule has 0 aromatic carbocycles. The number of rotatable bonds is 9. The van der Waals surface area contributed by atoms with Crippen LogP contribution >= 0.6 is 0 Å². The molecular formula is C18H33NO. The standard InChI is InChI=1S/C10H14O.C8H19N/c1-5-10(9(4)11)7-6-8(2)3;1-2-3-4-5-6-7-8-9/h5-7H,1H2,2-4H3;2-9H2,1H3/b10-7+;. The van der Waals surface area contributed by atoms with Crippen molar-refractivity contribution < 1.29 is 4.79 Å². The van der Waals surface area contributed by atoms with Gasteiger partial charge in [0.2, 0.25) is 0 Å². The molecule has 0 heterocycles. The van der Waals surface area contributed by atoms with Gasteiger partial charge in [0, 0.05) is 5.57 Å². The zero-order valence-electron chi connectivity index (χ0n) is 13.9. The topological polar surface area (TPSA) is 43.1 Å². The molecule has 2 N–H and O–H groups in total. The first-order valence-corrected chi connectivity index (χ1v) is 7.68. The molecule has 0 aliphatic rings. The molecule has 0 aromatic rings. The van der Waals surface area contributed by atoms with Crippen LogP contribution in [0.5, 0.6) is 0 Å². The van der Waals surface area contributed by atoms with Crippen molar-refractivity contribution in [3.63, 3.8) is 0 Å². The average Bonchev–Trinajstić information content (AvgIpc) is 2.39. The normalized spacial score (nSPS) is 10.3. The molecule has 0 atom stereocenters. The van der Waals surface area contributed by atoms with E-state index in [0.717, 1.165) is 6.54 Å². The number of carbonyl (C=O) groups is 1. The zero-order valence-corrected chi connectivity index (χ0v) is 13.9. The van der Waals surface area contributed by atoms with E-state index in [-0.39, 0.29) is 5.78 Å². The van der Waals surface area contributed by atoms with E-state index in [4.69, 9.17) is 5.73 Å². The van der Waals surface area contributed by atoms with Gasteiger partial charge < -0.3 is 5.73 Å². The zero-order chi connectivity index (χ0) is 15.8. The molecule has 0 fully saturated rings. The molecule has 0 spiro atoms. The fraction of sp³-hybridized carbons (Fsp3) is 0.611. The van der Waals surface area contributed by atoms with Gasteiger partial charge >= 0.3 is 0 Å². The first-order chi connectivity index (χ1) is 9.49. The van der Waals surface area contributed by atoms with E-state index in [1.807, 2.05) is 19.9 Å². The van der Waals surface area contributed by atoms with Crippen LogP contribution in [0.4, 0.5) is 0 Å². The number of nitrogens with two attached hydrogens (primary N) is 1. The minimum Gasteiger partial charge on any atom is -0.330 e. The highest BCUT2D eigenvalue weighted by molar-refractivity contribution is 5.96. The Hall–Kier alpha value is -1.15. The predicted molar refractivity (Wildman–Crippen MR) is 90.8 cm³/mol. The molecule has 0 rings (SSSR count). The average molecular weight is 279 g/mol. The van der Waals surface area contributed by atoms with Crippen molar-refractivity contribution in [1.82, 2.24) is 0 Å². The molecule has 0 aliphatic heterocycles. The summed E-state index contributed by atoms with van der Waals surface area (Å²) in [6.07, 6.45) is 13.3. The Kier molecular flexibility index (Phi) is 16.8. The molecule has 0 saturated heterocycles. The lowest BCUT2D eigenvalue weighted by molar-refractivity contribution is -0.113. The predicted octanol–water partition coefficient (Wildman–Crippen LogP) is 4.96. The largest absolute Gasteiger partial charge is 0.330 e. The van der Waals surface area contributed by atoms with Gasteiger partial charge in [0.1, 0.15) is 0 Å². The van der Waals surface area contributed by atoms with Crippen molar-refractivity contribution in [1.29, 1.82) is 0 Å². The lowest BCUT2D eigenvalue weighted by Crippen LogP contribution is -1.97. The van der Waals surface area contributed by atoms with E-state index in [1.165, 1.54) is 51.0 Å². The van der Waals surface area contributed by atoms with Crippen molar-refractivity contribution in [2.24, 2.45) is 5.73 Å². The fourth-order valence-corrected chi connectivity index (χ4v) is 1.51. The molecule has 0 aromatic heterocycles. The number of allylic oxidation sites excluding steroid dienone is 5. The molecule has 2 nitrogen and oxygen atoms in total. The minimum atomic E-state index is 0.0532. The second-order valence-electron chi connectivity index (χ2n) is 5.18. The van der Waals surface area contributed by atoms with Crippen LogP contribution in [0.25, 0.3) is 0 Å². The fourth-order valence-electron chi connectivity index (χ4n) is 1.51. The molecule has 116 valence electrons. The summed E-state index contributed by atoms with van der Waals surface area (Å²) in [6.45, 7) is 12.1. The molecular weight excluding hydrogens is 246 g/mol. The Morgan fingerprint density at radius 1 is 1.00 bits per heavy atom. The Bertz CT molecular complexity index is 303. The first kappa shape index (κ1) is 21.2. The van der Waals surface area contributed by atoms with Crippen LogP contribution in [0, 0.1) is 0 Å². The van der Waals surface area contributed by atoms with Crippen LogP contribution in [0.3, 0.4) is 0 Å². The van der Waals surface area contributed by atoms with Crippen molar-refractivity contribution >= 4 is 5.78 Å². The quantitative estimate of drug-likeness (QED) is 0.368. The van der Waals surface area contributed by atoms with Crippen LogP contribution in [0.2, 0.25) is 0 Å². The number of Topliss-reactive ketones (excluding diaryl/α,β-unsaturated/α-hetero) is 1. The van der Waals surface area contributed by atoms with E-state index < -0.39 is 0 Å². The molecule has 2 heteroatoms. The highest BCUT2D eigenvalue weighted by Crippen LogP contribution is 2.03. The third-order valence-electron chi connectivity index (χ3n) is 2.78. The van der Waals surface area contributed by atoms with E-state index in [1.54, 1.807) is 12.2 Å². The Morgan fingerprint density at radius 3 is 1.95 bits per heavy atom. The summed E-state index contributed by atoms with van der Waals surface area (Å²) in [5, 5.41) is 0. The molecule has 0 saturated carbocycles. The third kappa shape index (κ3) is 16.9. The van der Waals surface area contributed by atoms with Crippen molar-refractivity contribution in [2.75, 3.05) is 6.54 Å². The van der Waals surface area contributed by atoms with E-state index >= 15 is 0 Å². The molecule has 20 heavy (non-hydrogen) atoms. The summed E-state index contributed by atoms with van der Waals surface area (Å²) in [7, 11) is 0. The summed E-state index contributed by atoms with van der Waals surface area (Å²) in [4.78, 5) is 10.8. The lowest BCUT2D eigenvalue weighted by atomic mass is 10.1. The maximum absolute atomic E-state index is 10.8. The van der Waals surface area contributed by atoms with Gasteiger partial charge in [-0.15, -0.1) is 0 Å². The highest BCUT2D eigenvalue weighted by Gasteiger charge is 1.94. The van der Waals surface area contributed by atoms with Crippen LogP contribution in [-0.4, -0.2) is 12.3 Å². The number of hydrogen-bond donors (Lipinski definition) is 1. The van der Waals surface area contributed by atoms with Gasteiger partial charge in [0.05, 0.1) is 0 Å². The number of carbonyl (C=O) groups excluding carboxylic acids is 1. The van der Waals surface area contributed by atoms with Crippen LogP contribution in [-0.2, 0) is 4.79 Å². The van der Waals surface area contributed by atoms with Gasteiger partial charge in [-0.3, -0.25) is 4.79 Å². The first-order valence-electron chi connectivity index (χ1n) is 7.68. The summed E-state index contributed by atoms with van der Waals surface area (Å²) >= 11 is 0. The van der Waals surface area contributed by atoms with Crippen molar-refractivity contribution in [2.45, 2.75) is 66.2 Å². The van der Waals surface area contributed by atoms with Crippen molar-refractivity contribution in [3.05, 3.63) is 36.0 Å². The Morgan fingerprint density at radius 2 is 1.55 bits per heavy atom. The van der Waals surface area contributed by atoms with E-state index in [9.17, 15) is 4.79 Å².